The van der Waals surface area contributed by atoms with Crippen LogP contribution in [0.2, 0.25) is 0 Å². The van der Waals surface area contributed by atoms with E-state index >= 15 is 0 Å². The van der Waals surface area contributed by atoms with Gasteiger partial charge in [-0.2, -0.15) is 0 Å². The average molecular weight is 356 g/mol. The predicted octanol–water partition coefficient (Wildman–Crippen LogP) is 0.403. The zero-order valence-corrected chi connectivity index (χ0v) is 15.8. The van der Waals surface area contributed by atoms with E-state index in [1.807, 2.05) is 0 Å². The maximum Gasteiger partial charge on any atom is 0.358 e. The smallest absolute Gasteiger partial charge is 0.355 e. The minimum Gasteiger partial charge on any atom is -0.355 e. The summed E-state index contributed by atoms with van der Waals surface area (Å²) in [6.45, 7) is 0. The van der Waals surface area contributed by atoms with Gasteiger partial charge in [-0.05, 0) is 36.7 Å². The van der Waals surface area contributed by atoms with Crippen LogP contribution in [-0.4, -0.2) is 72.3 Å². The van der Waals surface area contributed by atoms with Crippen molar-refractivity contribution in [3.63, 3.8) is 0 Å². The first-order valence-corrected chi connectivity index (χ1v) is 8.50. The summed E-state index contributed by atoms with van der Waals surface area (Å²) in [5, 5.41) is 9.09. The second-order valence-corrected chi connectivity index (χ2v) is 7.59. The zero-order chi connectivity index (χ0) is 16.1. The number of hydrogen-bond acceptors (Lipinski definition) is 4. The van der Waals surface area contributed by atoms with Crippen molar-refractivity contribution < 1.29 is 4.57 Å². The fourth-order valence-electron chi connectivity index (χ4n) is 0.788. The first-order chi connectivity index (χ1) is 8.98. The molecule has 7 nitrogen and oxygen atoms in total. The Morgan fingerprint density at radius 3 is 1.05 bits per heavy atom. The lowest BCUT2D eigenvalue weighted by atomic mass is 10.9. The van der Waals surface area contributed by atoms with E-state index in [4.69, 9.17) is 36.7 Å². The molecule has 0 radical (unpaired) electrons. The Hall–Kier alpha value is -0.700. The molecule has 20 heavy (non-hydrogen) atoms. The Bertz CT molecular complexity index is 378. The predicted molar refractivity (Wildman–Crippen MR) is 95.9 cm³/mol. The monoisotopic (exact) mass is 356 g/mol. The fourth-order valence-corrected chi connectivity index (χ4v) is 3.52. The highest BCUT2D eigenvalue weighted by Gasteiger charge is 2.27. The number of rotatable bonds is 3. The van der Waals surface area contributed by atoms with Crippen LogP contribution in [-0.2, 0) is 4.57 Å². The molecule has 0 bridgehead atoms. The number of nitrogens with zero attached hydrogens (tertiary/aromatic N) is 3. The Morgan fingerprint density at radius 2 is 0.900 bits per heavy atom. The molecule has 0 fully saturated rings. The SMILES string of the molecule is CN(C)C(=S)NP(=O)(NC(=S)N(C)C)NC(=S)N(C)C. The van der Waals surface area contributed by atoms with E-state index in [2.05, 4.69) is 15.3 Å². The van der Waals surface area contributed by atoms with E-state index in [-0.39, 0.29) is 0 Å². The fraction of sp³-hybridized carbons (Fsp3) is 0.667. The van der Waals surface area contributed by atoms with Crippen molar-refractivity contribution >= 4 is 59.6 Å². The van der Waals surface area contributed by atoms with Gasteiger partial charge in [-0.3, -0.25) is 19.8 Å². The third-order valence-corrected chi connectivity index (χ3v) is 5.41. The molecule has 0 aliphatic carbocycles. The van der Waals surface area contributed by atoms with Crippen LogP contribution >= 0.6 is 44.2 Å². The summed E-state index contributed by atoms with van der Waals surface area (Å²) < 4.78 is 12.9. The standard InChI is InChI=1S/C9H21N6OPS3/c1-13(2)7(18)10-17(16,11-8(19)14(3)4)12-9(20)15(5)6/h1-6H3,(H3,10,11,12,16,18,19,20). The molecular weight excluding hydrogens is 335 g/mol. The Morgan fingerprint density at radius 1 is 0.700 bits per heavy atom. The van der Waals surface area contributed by atoms with Crippen molar-refractivity contribution in [3.05, 3.63) is 0 Å². The average Bonchev–Trinajstić information content (AvgIpc) is 2.27. The van der Waals surface area contributed by atoms with Gasteiger partial charge in [0.15, 0.2) is 15.3 Å². The molecule has 0 spiro atoms. The van der Waals surface area contributed by atoms with Gasteiger partial charge in [0, 0.05) is 42.3 Å². The molecule has 0 rings (SSSR count). The molecule has 0 heterocycles. The largest absolute Gasteiger partial charge is 0.358 e. The van der Waals surface area contributed by atoms with Gasteiger partial charge in [0.05, 0.1) is 0 Å². The molecule has 0 saturated carbocycles. The van der Waals surface area contributed by atoms with Crippen LogP contribution < -0.4 is 15.3 Å². The van der Waals surface area contributed by atoms with Gasteiger partial charge in [0.1, 0.15) is 0 Å². The Kier molecular flexibility index (Phi) is 7.64. The molecule has 0 amide bonds. The van der Waals surface area contributed by atoms with Crippen molar-refractivity contribution in [2.45, 2.75) is 0 Å². The van der Waals surface area contributed by atoms with Gasteiger partial charge in [0.2, 0.25) is 0 Å². The maximum atomic E-state index is 12.9. The molecule has 0 unspecified atom stereocenters. The van der Waals surface area contributed by atoms with Crippen molar-refractivity contribution in [3.8, 4) is 0 Å². The third kappa shape index (κ3) is 6.65. The molecule has 0 aromatic carbocycles. The highest BCUT2D eigenvalue weighted by molar-refractivity contribution is 7.83. The van der Waals surface area contributed by atoms with Crippen LogP contribution in [0.25, 0.3) is 0 Å². The van der Waals surface area contributed by atoms with Crippen LogP contribution in [0.4, 0.5) is 0 Å². The summed E-state index contributed by atoms with van der Waals surface area (Å²) in [6.07, 6.45) is 0. The minimum absolute atomic E-state index is 0.302. The van der Waals surface area contributed by atoms with Gasteiger partial charge >= 0.3 is 7.59 Å². The molecule has 3 N–H and O–H groups in total. The highest BCUT2D eigenvalue weighted by Crippen LogP contribution is 2.31. The lowest BCUT2D eigenvalue weighted by Crippen LogP contribution is -2.47. The summed E-state index contributed by atoms with van der Waals surface area (Å²) in [4.78, 5) is 4.88. The van der Waals surface area contributed by atoms with Crippen LogP contribution in [0.5, 0.6) is 0 Å². The van der Waals surface area contributed by atoms with Crippen LogP contribution in [0.1, 0.15) is 0 Å². The molecule has 0 aliphatic heterocycles. The normalized spacial score (nSPS) is 10.3. The first kappa shape index (κ1) is 19.3. The van der Waals surface area contributed by atoms with Gasteiger partial charge < -0.3 is 14.7 Å². The van der Waals surface area contributed by atoms with Crippen LogP contribution in [0, 0.1) is 0 Å². The molecule has 0 saturated heterocycles. The Balaban J connectivity index is 5.13. The Labute approximate surface area is 136 Å². The summed E-state index contributed by atoms with van der Waals surface area (Å²) in [6, 6.07) is 0. The number of nitrogens with one attached hydrogen (secondary N) is 3. The van der Waals surface area contributed by atoms with Gasteiger partial charge in [0.25, 0.3) is 0 Å². The van der Waals surface area contributed by atoms with Gasteiger partial charge in [-0.15, -0.1) is 0 Å². The van der Waals surface area contributed by atoms with Gasteiger partial charge in [-0.1, -0.05) is 0 Å². The first-order valence-electron chi connectivity index (χ1n) is 5.57. The lowest BCUT2D eigenvalue weighted by molar-refractivity contribution is 0.547. The third-order valence-electron chi connectivity index (χ3n) is 1.98. The van der Waals surface area contributed by atoms with E-state index < -0.39 is 7.59 Å². The molecule has 0 atom stereocenters. The second kappa shape index (κ2) is 7.92. The highest BCUT2D eigenvalue weighted by atomic mass is 32.1. The van der Waals surface area contributed by atoms with E-state index in [9.17, 15) is 4.57 Å². The van der Waals surface area contributed by atoms with Crippen molar-refractivity contribution in [1.29, 1.82) is 0 Å². The van der Waals surface area contributed by atoms with E-state index in [1.165, 1.54) is 0 Å². The maximum absolute atomic E-state index is 12.9. The second-order valence-electron chi connectivity index (χ2n) is 4.54. The minimum atomic E-state index is -3.35. The van der Waals surface area contributed by atoms with Crippen molar-refractivity contribution in [1.82, 2.24) is 30.0 Å². The molecule has 11 heteroatoms. The summed E-state index contributed by atoms with van der Waals surface area (Å²) >= 11 is 15.3. The van der Waals surface area contributed by atoms with Crippen LogP contribution in [0.15, 0.2) is 0 Å². The van der Waals surface area contributed by atoms with E-state index in [0.717, 1.165) is 0 Å². The van der Waals surface area contributed by atoms with Crippen LogP contribution in [0.3, 0.4) is 0 Å². The quantitative estimate of drug-likeness (QED) is 0.489. The summed E-state index contributed by atoms with van der Waals surface area (Å²) in [5.74, 6) is 0. The van der Waals surface area contributed by atoms with Crippen molar-refractivity contribution in [2.75, 3.05) is 42.3 Å². The molecule has 116 valence electrons. The van der Waals surface area contributed by atoms with E-state index in [1.54, 1.807) is 57.0 Å². The van der Waals surface area contributed by atoms with E-state index in [0.29, 0.717) is 15.3 Å². The molecular formula is C9H21N6OPS3. The molecule has 0 aliphatic rings. The zero-order valence-electron chi connectivity index (χ0n) is 12.4. The topological polar surface area (TPSA) is 62.9 Å². The molecule has 0 aromatic heterocycles. The summed E-state index contributed by atoms with van der Waals surface area (Å²) in [7, 11) is 7.12. The molecule has 0 aromatic rings. The van der Waals surface area contributed by atoms with Crippen molar-refractivity contribution in [2.24, 2.45) is 0 Å². The van der Waals surface area contributed by atoms with Gasteiger partial charge in [-0.25, -0.2) is 0 Å². The number of hydrogen-bond donors (Lipinski definition) is 3. The number of thiocarbonyl (C=S) groups is 3. The summed E-state index contributed by atoms with van der Waals surface area (Å²) in [5.41, 5.74) is 0. The lowest BCUT2D eigenvalue weighted by Gasteiger charge is -2.29.